The van der Waals surface area contributed by atoms with Crippen LogP contribution in [0.1, 0.15) is 42.5 Å². The van der Waals surface area contributed by atoms with Crippen molar-refractivity contribution in [1.29, 1.82) is 0 Å². The van der Waals surface area contributed by atoms with Crippen molar-refractivity contribution in [2.45, 2.75) is 32.1 Å². The van der Waals surface area contributed by atoms with E-state index in [1.54, 1.807) is 17.0 Å². The molecule has 0 unspecified atom stereocenters. The fourth-order valence-electron chi connectivity index (χ4n) is 3.79. The van der Waals surface area contributed by atoms with Gasteiger partial charge >= 0.3 is 0 Å². The van der Waals surface area contributed by atoms with Gasteiger partial charge in [-0.05, 0) is 50.2 Å². The molecule has 1 N–H and O–H groups in total. The number of nitrogens with zero attached hydrogens (tertiary/aromatic N) is 3. The zero-order valence-electron chi connectivity index (χ0n) is 14.4. The van der Waals surface area contributed by atoms with Crippen molar-refractivity contribution < 1.29 is 14.8 Å². The van der Waals surface area contributed by atoms with E-state index in [1.807, 2.05) is 4.90 Å². The number of rotatable bonds is 4. The van der Waals surface area contributed by atoms with Gasteiger partial charge in [-0.3, -0.25) is 14.9 Å². The molecule has 2 aliphatic heterocycles. The minimum Gasteiger partial charge on any atom is -0.396 e. The molecule has 3 rings (SSSR count). The third-order valence-corrected chi connectivity index (χ3v) is 5.18. The Labute approximate surface area is 147 Å². The fraction of sp³-hybridized carbons (Fsp3) is 0.611. The summed E-state index contributed by atoms with van der Waals surface area (Å²) < 4.78 is 0. The Bertz CT molecular complexity index is 643. The number of nitro groups is 1. The van der Waals surface area contributed by atoms with Gasteiger partial charge in [-0.15, -0.1) is 0 Å². The van der Waals surface area contributed by atoms with E-state index in [9.17, 15) is 20.0 Å². The molecular formula is C18H25N3O4. The second-order valence-corrected chi connectivity index (χ2v) is 6.95. The molecule has 25 heavy (non-hydrogen) atoms. The molecule has 2 saturated heterocycles. The summed E-state index contributed by atoms with van der Waals surface area (Å²) in [4.78, 5) is 27.6. The molecule has 1 amide bonds. The van der Waals surface area contributed by atoms with Crippen LogP contribution in [0.3, 0.4) is 0 Å². The highest BCUT2D eigenvalue weighted by atomic mass is 16.6. The van der Waals surface area contributed by atoms with Gasteiger partial charge in [0.15, 0.2) is 0 Å². The lowest BCUT2D eigenvalue weighted by Gasteiger charge is -2.32. The lowest BCUT2D eigenvalue weighted by molar-refractivity contribution is -0.384. The zero-order valence-corrected chi connectivity index (χ0v) is 14.4. The number of anilines is 1. The van der Waals surface area contributed by atoms with E-state index >= 15 is 0 Å². The summed E-state index contributed by atoms with van der Waals surface area (Å²) in [5, 5.41) is 20.9. The summed E-state index contributed by atoms with van der Waals surface area (Å²) in [6.07, 6.45) is 4.99. The van der Waals surface area contributed by atoms with E-state index in [4.69, 9.17) is 0 Å². The van der Waals surface area contributed by atoms with E-state index in [0.717, 1.165) is 45.2 Å². The van der Waals surface area contributed by atoms with E-state index in [-0.39, 0.29) is 24.1 Å². The van der Waals surface area contributed by atoms with E-state index in [2.05, 4.69) is 0 Å². The topological polar surface area (TPSA) is 86.9 Å². The number of hydrogen-bond donors (Lipinski definition) is 1. The summed E-state index contributed by atoms with van der Waals surface area (Å²) in [6.45, 7) is 2.85. The lowest BCUT2D eigenvalue weighted by atomic mass is 9.98. The van der Waals surface area contributed by atoms with E-state index in [0.29, 0.717) is 24.3 Å². The molecule has 0 saturated carbocycles. The molecule has 0 spiro atoms. The molecule has 0 radical (unpaired) electrons. The first-order valence-electron chi connectivity index (χ1n) is 9.03. The molecule has 1 atom stereocenters. The lowest BCUT2D eigenvalue weighted by Crippen LogP contribution is -2.41. The predicted octanol–water partition coefficient (Wildman–Crippen LogP) is 2.43. The Morgan fingerprint density at radius 2 is 1.96 bits per heavy atom. The van der Waals surface area contributed by atoms with Crippen LogP contribution >= 0.6 is 0 Å². The highest BCUT2D eigenvalue weighted by Crippen LogP contribution is 2.32. The van der Waals surface area contributed by atoms with Crippen molar-refractivity contribution in [3.8, 4) is 0 Å². The second-order valence-electron chi connectivity index (χ2n) is 6.95. The molecule has 7 heteroatoms. The standard InChI is InChI=1S/C18H25N3O4/c22-13-14-5-4-10-20(12-14)18(23)15-6-7-16(17(11-15)21(24)25)19-8-2-1-3-9-19/h6-7,11,14,22H,1-5,8-10,12-13H2/t14-/m1/s1. The number of hydrogen-bond acceptors (Lipinski definition) is 5. The van der Waals surface area contributed by atoms with Gasteiger partial charge in [-0.25, -0.2) is 0 Å². The molecule has 1 aromatic carbocycles. The minimum absolute atomic E-state index is 0.00321. The molecule has 2 aliphatic rings. The Kier molecular flexibility index (Phi) is 5.53. The van der Waals surface area contributed by atoms with Crippen LogP contribution in [0.25, 0.3) is 0 Å². The number of carbonyl (C=O) groups is 1. The number of benzene rings is 1. The molecule has 2 heterocycles. The molecule has 0 aromatic heterocycles. The van der Waals surface area contributed by atoms with Crippen molar-refractivity contribution in [2.75, 3.05) is 37.7 Å². The van der Waals surface area contributed by atoms with Gasteiger partial charge in [-0.2, -0.15) is 0 Å². The monoisotopic (exact) mass is 347 g/mol. The van der Waals surface area contributed by atoms with Crippen LogP contribution in [0.15, 0.2) is 18.2 Å². The van der Waals surface area contributed by atoms with Gasteiger partial charge < -0.3 is 14.9 Å². The maximum atomic E-state index is 12.7. The normalized spacial score (nSPS) is 21.2. The van der Waals surface area contributed by atoms with Crippen LogP contribution in [0.2, 0.25) is 0 Å². The zero-order chi connectivity index (χ0) is 17.8. The fourth-order valence-corrected chi connectivity index (χ4v) is 3.79. The molecule has 0 aliphatic carbocycles. The maximum Gasteiger partial charge on any atom is 0.293 e. The summed E-state index contributed by atoms with van der Waals surface area (Å²) in [5.74, 6) is -0.0910. The third-order valence-electron chi connectivity index (χ3n) is 5.18. The van der Waals surface area contributed by atoms with Crippen molar-refractivity contribution in [2.24, 2.45) is 5.92 Å². The number of aliphatic hydroxyl groups is 1. The van der Waals surface area contributed by atoms with Crippen molar-refractivity contribution in [3.63, 3.8) is 0 Å². The van der Waals surface area contributed by atoms with Gasteiger partial charge in [0.1, 0.15) is 5.69 Å². The van der Waals surface area contributed by atoms with Crippen LogP contribution in [-0.2, 0) is 0 Å². The summed E-state index contributed by atoms with van der Waals surface area (Å²) in [7, 11) is 0. The molecule has 2 fully saturated rings. The van der Waals surface area contributed by atoms with Gasteiger partial charge in [0.2, 0.25) is 0 Å². The predicted molar refractivity (Wildman–Crippen MR) is 94.9 cm³/mol. The first-order valence-corrected chi connectivity index (χ1v) is 9.03. The van der Waals surface area contributed by atoms with Crippen LogP contribution < -0.4 is 4.90 Å². The molecular weight excluding hydrogens is 322 g/mol. The second kappa shape index (κ2) is 7.82. The summed E-state index contributed by atoms with van der Waals surface area (Å²) >= 11 is 0. The largest absolute Gasteiger partial charge is 0.396 e. The Morgan fingerprint density at radius 1 is 1.20 bits per heavy atom. The average molecular weight is 347 g/mol. The number of nitro benzene ring substituents is 1. The van der Waals surface area contributed by atoms with Crippen LogP contribution in [0.5, 0.6) is 0 Å². The molecule has 0 bridgehead atoms. The number of likely N-dealkylation sites (tertiary alicyclic amines) is 1. The number of carbonyl (C=O) groups excluding carboxylic acids is 1. The van der Waals surface area contributed by atoms with Gasteiger partial charge in [0, 0.05) is 44.4 Å². The number of aliphatic hydroxyl groups excluding tert-OH is 1. The van der Waals surface area contributed by atoms with E-state index < -0.39 is 4.92 Å². The average Bonchev–Trinajstić information content (AvgIpc) is 2.67. The van der Waals surface area contributed by atoms with Crippen LogP contribution in [-0.4, -0.2) is 53.6 Å². The first kappa shape index (κ1) is 17.7. The Balaban J connectivity index is 1.83. The van der Waals surface area contributed by atoms with Crippen molar-refractivity contribution >= 4 is 17.3 Å². The number of amides is 1. The van der Waals surface area contributed by atoms with Gasteiger partial charge in [-0.1, -0.05) is 0 Å². The SMILES string of the molecule is O=C(c1ccc(N2CCCCC2)c([N+](=O)[O-])c1)N1CCC[C@@H](CO)C1. The number of piperidine rings is 2. The van der Waals surface area contributed by atoms with Crippen LogP contribution in [0.4, 0.5) is 11.4 Å². The highest BCUT2D eigenvalue weighted by molar-refractivity contribution is 5.96. The van der Waals surface area contributed by atoms with Crippen molar-refractivity contribution in [1.82, 2.24) is 4.90 Å². The van der Waals surface area contributed by atoms with Crippen LogP contribution in [0, 0.1) is 16.0 Å². The van der Waals surface area contributed by atoms with Gasteiger partial charge in [0.25, 0.3) is 11.6 Å². The van der Waals surface area contributed by atoms with Crippen molar-refractivity contribution in [3.05, 3.63) is 33.9 Å². The third kappa shape index (κ3) is 3.92. The minimum atomic E-state index is -0.395. The molecule has 7 nitrogen and oxygen atoms in total. The quantitative estimate of drug-likeness (QED) is 0.668. The van der Waals surface area contributed by atoms with Gasteiger partial charge in [0.05, 0.1) is 4.92 Å². The molecule has 136 valence electrons. The highest BCUT2D eigenvalue weighted by Gasteiger charge is 2.27. The maximum absolute atomic E-state index is 12.7. The Hall–Kier alpha value is -2.15. The summed E-state index contributed by atoms with van der Waals surface area (Å²) in [6, 6.07) is 4.82. The molecule has 1 aromatic rings. The summed E-state index contributed by atoms with van der Waals surface area (Å²) in [5.41, 5.74) is 0.961. The Morgan fingerprint density at radius 3 is 2.64 bits per heavy atom. The first-order chi connectivity index (χ1) is 12.1. The van der Waals surface area contributed by atoms with E-state index in [1.165, 1.54) is 6.07 Å². The smallest absolute Gasteiger partial charge is 0.293 e.